The number of anilines is 3. The first-order valence-corrected chi connectivity index (χ1v) is 10.9. The van der Waals surface area contributed by atoms with Gasteiger partial charge in [-0.15, -0.1) is 0 Å². The van der Waals surface area contributed by atoms with Crippen LogP contribution < -0.4 is 21.3 Å². The zero-order valence-corrected chi connectivity index (χ0v) is 18.9. The van der Waals surface area contributed by atoms with Crippen molar-refractivity contribution in [3.05, 3.63) is 77.2 Å². The molecule has 8 nitrogen and oxygen atoms in total. The van der Waals surface area contributed by atoms with Gasteiger partial charge in [0.1, 0.15) is 5.76 Å². The fourth-order valence-electron chi connectivity index (χ4n) is 2.95. The van der Waals surface area contributed by atoms with Crippen molar-refractivity contribution in [1.29, 1.82) is 0 Å². The van der Waals surface area contributed by atoms with Crippen molar-refractivity contribution in [3.63, 3.8) is 0 Å². The van der Waals surface area contributed by atoms with Crippen LogP contribution in [0.4, 0.5) is 17.1 Å². The normalized spacial score (nSPS) is 10.4. The molecule has 0 radical (unpaired) electrons. The Kier molecular flexibility index (Phi) is 8.49. The summed E-state index contributed by atoms with van der Waals surface area (Å²) in [5.41, 5.74) is 2.13. The third-order valence-electron chi connectivity index (χ3n) is 4.60. The van der Waals surface area contributed by atoms with Gasteiger partial charge in [0.25, 0.3) is 5.91 Å². The quantitative estimate of drug-likeness (QED) is 0.346. The van der Waals surface area contributed by atoms with E-state index >= 15 is 0 Å². The Morgan fingerprint density at radius 2 is 1.70 bits per heavy atom. The second-order valence-electron chi connectivity index (χ2n) is 7.23. The number of hydrogen-bond donors (Lipinski definition) is 4. The van der Waals surface area contributed by atoms with Crippen LogP contribution in [0.2, 0.25) is 5.02 Å². The zero-order valence-electron chi connectivity index (χ0n) is 18.1. The van der Waals surface area contributed by atoms with Gasteiger partial charge in [0.2, 0.25) is 11.8 Å². The molecule has 1 heterocycles. The van der Waals surface area contributed by atoms with Crippen LogP contribution in [0.15, 0.2) is 65.3 Å². The van der Waals surface area contributed by atoms with Crippen molar-refractivity contribution in [2.75, 3.05) is 22.5 Å². The van der Waals surface area contributed by atoms with Gasteiger partial charge in [-0.1, -0.05) is 18.5 Å². The molecule has 0 spiro atoms. The van der Waals surface area contributed by atoms with E-state index in [1.165, 1.54) is 0 Å². The minimum atomic E-state index is -0.311. The Bertz CT molecular complexity index is 1100. The molecule has 33 heavy (non-hydrogen) atoms. The van der Waals surface area contributed by atoms with Gasteiger partial charge in [0, 0.05) is 23.4 Å². The molecule has 1 aromatic heterocycles. The van der Waals surface area contributed by atoms with E-state index in [0.717, 1.165) is 6.42 Å². The fourth-order valence-corrected chi connectivity index (χ4v) is 3.11. The molecule has 0 aliphatic carbocycles. The maximum Gasteiger partial charge on any atom is 0.251 e. The van der Waals surface area contributed by atoms with Gasteiger partial charge < -0.3 is 25.7 Å². The lowest BCUT2D eigenvalue weighted by Gasteiger charge is -2.12. The molecule has 3 rings (SSSR count). The summed E-state index contributed by atoms with van der Waals surface area (Å²) in [4.78, 5) is 36.3. The number of hydrogen-bond acceptors (Lipinski definition) is 5. The summed E-state index contributed by atoms with van der Waals surface area (Å²) < 4.78 is 5.19. The molecule has 0 saturated heterocycles. The van der Waals surface area contributed by atoms with Crippen LogP contribution in [0.5, 0.6) is 0 Å². The maximum atomic E-state index is 12.4. The highest BCUT2D eigenvalue weighted by molar-refractivity contribution is 6.33. The summed E-state index contributed by atoms with van der Waals surface area (Å²) in [6.45, 7) is 2.22. The molecule has 0 bridgehead atoms. The number of halogens is 1. The molecule has 172 valence electrons. The van der Waals surface area contributed by atoms with E-state index < -0.39 is 0 Å². The molecule has 0 aliphatic rings. The van der Waals surface area contributed by atoms with Crippen LogP contribution in [0.1, 0.15) is 35.9 Å². The topological polar surface area (TPSA) is 112 Å². The maximum absolute atomic E-state index is 12.4. The molecule has 0 atom stereocenters. The van der Waals surface area contributed by atoms with Crippen LogP contribution in [-0.2, 0) is 16.1 Å². The van der Waals surface area contributed by atoms with Crippen molar-refractivity contribution in [2.24, 2.45) is 0 Å². The van der Waals surface area contributed by atoms with E-state index in [9.17, 15) is 14.4 Å². The first-order chi connectivity index (χ1) is 15.9. The van der Waals surface area contributed by atoms with E-state index in [4.69, 9.17) is 16.0 Å². The van der Waals surface area contributed by atoms with Crippen molar-refractivity contribution < 1.29 is 18.8 Å². The van der Waals surface area contributed by atoms with Crippen molar-refractivity contribution >= 4 is 46.4 Å². The molecular weight excluding hydrogens is 444 g/mol. The molecule has 0 aliphatic heterocycles. The van der Waals surface area contributed by atoms with Gasteiger partial charge in [0.15, 0.2) is 0 Å². The summed E-state index contributed by atoms with van der Waals surface area (Å²) in [6.07, 6.45) is 2.71. The lowest BCUT2D eigenvalue weighted by Crippen LogP contribution is -2.23. The smallest absolute Gasteiger partial charge is 0.251 e. The average molecular weight is 469 g/mol. The van der Waals surface area contributed by atoms with Crippen molar-refractivity contribution in [3.8, 4) is 0 Å². The molecule has 0 unspecified atom stereocenters. The number of rotatable bonds is 10. The summed E-state index contributed by atoms with van der Waals surface area (Å²) >= 11 is 6.17. The Hall–Kier alpha value is -3.78. The Labute approximate surface area is 196 Å². The fraction of sp³-hybridized carbons (Fsp3) is 0.208. The van der Waals surface area contributed by atoms with Crippen LogP contribution in [-0.4, -0.2) is 24.3 Å². The summed E-state index contributed by atoms with van der Waals surface area (Å²) in [6, 6.07) is 15.2. The number of carbonyl (C=O) groups is 3. The zero-order chi connectivity index (χ0) is 23.6. The summed E-state index contributed by atoms with van der Waals surface area (Å²) in [7, 11) is 0. The third-order valence-corrected chi connectivity index (χ3v) is 4.93. The highest BCUT2D eigenvalue weighted by Crippen LogP contribution is 2.25. The molecule has 3 amide bonds. The van der Waals surface area contributed by atoms with E-state index in [2.05, 4.69) is 21.3 Å². The Balaban J connectivity index is 1.49. The summed E-state index contributed by atoms with van der Waals surface area (Å²) in [5, 5.41) is 11.6. The van der Waals surface area contributed by atoms with Gasteiger partial charge in [-0.25, -0.2) is 0 Å². The Morgan fingerprint density at radius 1 is 0.939 bits per heavy atom. The second-order valence-corrected chi connectivity index (χ2v) is 7.64. The van der Waals surface area contributed by atoms with E-state index in [1.807, 2.05) is 6.92 Å². The van der Waals surface area contributed by atoms with Crippen molar-refractivity contribution in [1.82, 2.24) is 5.32 Å². The number of amides is 3. The molecular formula is C24H25ClN4O4. The first-order valence-electron chi connectivity index (χ1n) is 10.5. The number of carbonyl (C=O) groups excluding carboxylic acids is 3. The molecule has 4 N–H and O–H groups in total. The van der Waals surface area contributed by atoms with Crippen LogP contribution in [0.25, 0.3) is 0 Å². The minimum absolute atomic E-state index is 0.00716. The van der Waals surface area contributed by atoms with E-state index in [-0.39, 0.29) is 24.3 Å². The van der Waals surface area contributed by atoms with Gasteiger partial charge in [-0.3, -0.25) is 14.4 Å². The first kappa shape index (κ1) is 23.9. The second kappa shape index (κ2) is 11.7. The van der Waals surface area contributed by atoms with Gasteiger partial charge in [0.05, 0.1) is 30.1 Å². The van der Waals surface area contributed by atoms with E-state index in [0.29, 0.717) is 46.4 Å². The van der Waals surface area contributed by atoms with Crippen LogP contribution in [0.3, 0.4) is 0 Å². The molecule has 2 aromatic carbocycles. The monoisotopic (exact) mass is 468 g/mol. The third kappa shape index (κ3) is 7.40. The number of furan rings is 1. The molecule has 3 aromatic rings. The highest BCUT2D eigenvalue weighted by Gasteiger charge is 2.10. The predicted molar refractivity (Wildman–Crippen MR) is 128 cm³/mol. The summed E-state index contributed by atoms with van der Waals surface area (Å²) in [5.74, 6) is 0.0314. The lowest BCUT2D eigenvalue weighted by atomic mass is 10.2. The van der Waals surface area contributed by atoms with Crippen molar-refractivity contribution in [2.45, 2.75) is 26.3 Å². The lowest BCUT2D eigenvalue weighted by molar-refractivity contribution is -0.116. The van der Waals surface area contributed by atoms with Gasteiger partial charge in [-0.2, -0.15) is 0 Å². The molecule has 0 fully saturated rings. The van der Waals surface area contributed by atoms with Gasteiger partial charge >= 0.3 is 0 Å². The van der Waals surface area contributed by atoms with Crippen LogP contribution >= 0.6 is 11.6 Å². The standard InChI is InChI=1S/C24H25ClN4O4/c1-2-4-22(30)28-18-10-11-20(25)21(13-18)29-23(31)15-26-17-8-6-16(7-9-17)24(32)27-14-19-5-3-12-33-19/h3,5-13,26H,2,4,14-15H2,1H3,(H,27,32)(H,28,30)(H,29,31). The van der Waals surface area contributed by atoms with Crippen LogP contribution in [0, 0.1) is 0 Å². The van der Waals surface area contributed by atoms with Gasteiger partial charge in [-0.05, 0) is 61.0 Å². The SMILES string of the molecule is CCCC(=O)Nc1ccc(Cl)c(NC(=O)CNc2ccc(C(=O)NCc3ccco3)cc2)c1. The number of benzene rings is 2. The highest BCUT2D eigenvalue weighted by atomic mass is 35.5. The van der Waals surface area contributed by atoms with E-state index in [1.54, 1.807) is 60.9 Å². The largest absolute Gasteiger partial charge is 0.467 e. The minimum Gasteiger partial charge on any atom is -0.467 e. The molecule has 9 heteroatoms. The predicted octanol–water partition coefficient (Wildman–Crippen LogP) is 4.65. The average Bonchev–Trinajstić information content (AvgIpc) is 3.32. The molecule has 0 saturated carbocycles. The number of nitrogens with one attached hydrogen (secondary N) is 4. The Morgan fingerprint density at radius 3 is 2.39 bits per heavy atom.